The molecule has 1 fully saturated rings. The normalized spacial score (nSPS) is 15.5. The quantitative estimate of drug-likeness (QED) is 0.0860. The Hall–Kier alpha value is -2.52. The van der Waals surface area contributed by atoms with Crippen LogP contribution in [-0.4, -0.2) is 59.9 Å². The number of anilines is 1. The summed E-state index contributed by atoms with van der Waals surface area (Å²) in [5.74, 6) is 1.66. The SMILES string of the molecule is C=C.C=Nc1cc(C2CCCCN2C(=C)c2cc(Cl)ccc2NSC)nn1/C=C(/C)CCC(CNC)NC(C)CC.CC.CCCC(C)C. The molecule has 1 aliphatic heterocycles. The Kier molecular flexibility index (Phi) is 25.8. The van der Waals surface area contributed by atoms with E-state index in [1.807, 2.05) is 50.0 Å². The summed E-state index contributed by atoms with van der Waals surface area (Å²) in [6.07, 6.45) is 13.3. The summed E-state index contributed by atoms with van der Waals surface area (Å²) in [5, 5.41) is 12.8. The van der Waals surface area contributed by atoms with E-state index < -0.39 is 0 Å². The van der Waals surface area contributed by atoms with Crippen LogP contribution in [0.2, 0.25) is 5.02 Å². The monoisotopic (exact) mass is 716 g/mol. The van der Waals surface area contributed by atoms with E-state index in [4.69, 9.17) is 16.7 Å². The van der Waals surface area contributed by atoms with Crippen molar-refractivity contribution in [2.75, 3.05) is 31.1 Å². The van der Waals surface area contributed by atoms with E-state index in [1.54, 1.807) is 11.9 Å². The van der Waals surface area contributed by atoms with E-state index in [1.165, 1.54) is 18.4 Å². The van der Waals surface area contributed by atoms with E-state index in [9.17, 15) is 0 Å². The van der Waals surface area contributed by atoms with Gasteiger partial charge in [0.2, 0.25) is 0 Å². The van der Waals surface area contributed by atoms with Crippen LogP contribution in [0.5, 0.6) is 0 Å². The zero-order chi connectivity index (χ0) is 37.4. The van der Waals surface area contributed by atoms with Crippen LogP contribution in [0.4, 0.5) is 11.5 Å². The smallest absolute Gasteiger partial charge is 0.154 e. The third kappa shape index (κ3) is 16.8. The molecule has 1 aromatic heterocycles. The van der Waals surface area contributed by atoms with Gasteiger partial charge in [-0.15, -0.1) is 13.2 Å². The maximum absolute atomic E-state index is 6.40. The second-order valence-corrected chi connectivity index (χ2v) is 13.7. The first-order valence-corrected chi connectivity index (χ1v) is 19.9. The Morgan fingerprint density at radius 2 is 1.84 bits per heavy atom. The molecule has 3 atom stereocenters. The molecule has 3 unspecified atom stereocenters. The van der Waals surface area contributed by atoms with Crippen molar-refractivity contribution in [2.45, 2.75) is 125 Å². The summed E-state index contributed by atoms with van der Waals surface area (Å²) in [6, 6.07) is 9.03. The molecule has 2 aromatic rings. The minimum Gasteiger partial charge on any atom is -0.363 e. The number of likely N-dealkylation sites (N-methyl/N-ethyl adjacent to an activating group) is 1. The molecule has 0 bridgehead atoms. The number of piperidine rings is 1. The first-order valence-electron chi connectivity index (χ1n) is 18.3. The van der Waals surface area contributed by atoms with Gasteiger partial charge in [-0.1, -0.05) is 90.1 Å². The molecule has 0 radical (unpaired) electrons. The molecule has 0 amide bonds. The highest BCUT2D eigenvalue weighted by atomic mass is 35.5. The third-order valence-electron chi connectivity index (χ3n) is 8.27. The molecule has 1 aromatic carbocycles. The van der Waals surface area contributed by atoms with Gasteiger partial charge in [0.1, 0.15) is 0 Å². The van der Waals surface area contributed by atoms with Gasteiger partial charge in [0.25, 0.3) is 0 Å². The topological polar surface area (TPSA) is 69.5 Å². The first kappa shape index (κ1) is 46.5. The molecule has 1 saturated heterocycles. The van der Waals surface area contributed by atoms with Gasteiger partial charge in [-0.2, -0.15) is 5.10 Å². The van der Waals surface area contributed by atoms with Gasteiger partial charge in [-0.3, -0.25) is 0 Å². The van der Waals surface area contributed by atoms with Crippen molar-refractivity contribution < 1.29 is 0 Å². The Balaban J connectivity index is 0.00000204. The second-order valence-electron chi connectivity index (χ2n) is 12.6. The standard InChI is InChI=1S/C30H46ClN7S.C6H14.C2H6.C2H4/c1-8-22(3)34-25(19-32-5)14-12-21(2)20-38-30(33-6)18-28(35-38)29-11-9-10-16-37(29)23(4)26-17-24(31)13-15-27(26)36-39-7;1-4-5-6(2)3;2*1-2/h13,15,17-18,20,22,25,29,32,34,36H,4,6,8-12,14,16,19H2,1-3,5,7H3;6H,4-5H2,1-3H3;1-2H3;1-2H2/b21-20-;;;. The van der Waals surface area contributed by atoms with E-state index in [0.29, 0.717) is 17.1 Å². The molecule has 0 spiro atoms. The van der Waals surface area contributed by atoms with E-state index in [-0.39, 0.29) is 6.04 Å². The fraction of sp³-hybridized carbons (Fsp3) is 0.600. The third-order valence-corrected chi connectivity index (χ3v) is 8.93. The molecule has 0 aliphatic carbocycles. The number of rotatable bonds is 17. The van der Waals surface area contributed by atoms with Gasteiger partial charge >= 0.3 is 0 Å². The fourth-order valence-corrected chi connectivity index (χ4v) is 6.28. The van der Waals surface area contributed by atoms with Gasteiger partial charge in [0, 0.05) is 60.0 Å². The van der Waals surface area contributed by atoms with Crippen LogP contribution in [0.3, 0.4) is 0 Å². The van der Waals surface area contributed by atoms with E-state index in [0.717, 1.165) is 86.0 Å². The molecule has 0 saturated carbocycles. The number of aromatic nitrogens is 2. The summed E-state index contributed by atoms with van der Waals surface area (Å²) in [7, 11) is 2.01. The number of nitrogens with one attached hydrogen (secondary N) is 3. The zero-order valence-electron chi connectivity index (χ0n) is 32.7. The van der Waals surface area contributed by atoms with Crippen LogP contribution < -0.4 is 15.4 Å². The highest BCUT2D eigenvalue weighted by molar-refractivity contribution is 7.99. The maximum atomic E-state index is 6.40. The lowest BCUT2D eigenvalue weighted by atomic mass is 9.97. The van der Waals surface area contributed by atoms with Crippen LogP contribution in [0.1, 0.15) is 124 Å². The van der Waals surface area contributed by atoms with Gasteiger partial charge in [-0.05, 0) is 90.3 Å². The number of hydrogen-bond donors (Lipinski definition) is 3. The Labute approximate surface area is 310 Å². The summed E-state index contributed by atoms with van der Waals surface area (Å²) in [6.45, 7) is 33.6. The summed E-state index contributed by atoms with van der Waals surface area (Å²) in [5.41, 5.74) is 5.24. The number of hydrogen-bond acceptors (Lipinski definition) is 7. The lowest BCUT2D eigenvalue weighted by Gasteiger charge is -2.38. The number of nitrogens with zero attached hydrogens (tertiary/aromatic N) is 4. The average Bonchev–Trinajstić information content (AvgIpc) is 3.52. The number of likely N-dealkylation sites (tertiary alicyclic amines) is 1. The van der Waals surface area contributed by atoms with Gasteiger partial charge < -0.3 is 20.3 Å². The van der Waals surface area contributed by atoms with E-state index >= 15 is 0 Å². The molecule has 1 aliphatic rings. The van der Waals surface area contributed by atoms with Crippen molar-refractivity contribution in [3.05, 3.63) is 65.9 Å². The zero-order valence-corrected chi connectivity index (χ0v) is 34.2. The minimum atomic E-state index is 0.113. The molecule has 7 nitrogen and oxygen atoms in total. The minimum absolute atomic E-state index is 0.113. The van der Waals surface area contributed by atoms with Crippen LogP contribution in [-0.2, 0) is 0 Å². The van der Waals surface area contributed by atoms with Crippen LogP contribution in [0.25, 0.3) is 11.9 Å². The lowest BCUT2D eigenvalue weighted by Crippen LogP contribution is -2.42. The predicted molar refractivity (Wildman–Crippen MR) is 224 cm³/mol. The number of benzene rings is 1. The van der Waals surface area contributed by atoms with E-state index in [2.05, 4.69) is 106 Å². The molecule has 278 valence electrons. The summed E-state index contributed by atoms with van der Waals surface area (Å²) < 4.78 is 5.27. The van der Waals surface area contributed by atoms with Crippen molar-refractivity contribution >= 4 is 53.7 Å². The Bertz CT molecular complexity index is 1230. The summed E-state index contributed by atoms with van der Waals surface area (Å²) >= 11 is 7.96. The highest BCUT2D eigenvalue weighted by Gasteiger charge is 2.29. The molecular formula is C40H70ClN7S. The summed E-state index contributed by atoms with van der Waals surface area (Å²) in [4.78, 5) is 6.68. The van der Waals surface area contributed by atoms with Crippen LogP contribution in [0, 0.1) is 5.92 Å². The first-order chi connectivity index (χ1) is 23.6. The number of aliphatic imine (C=N–C) groups is 1. The molecule has 2 heterocycles. The predicted octanol–water partition coefficient (Wildman–Crippen LogP) is 11.6. The van der Waals surface area contributed by atoms with Gasteiger partial charge in [0.15, 0.2) is 5.82 Å². The molecular weight excluding hydrogens is 646 g/mol. The van der Waals surface area contributed by atoms with Crippen LogP contribution >= 0.6 is 23.5 Å². The van der Waals surface area contributed by atoms with Crippen LogP contribution in [0.15, 0.2) is 54.6 Å². The number of allylic oxidation sites excluding steroid dienone is 1. The number of halogens is 1. The fourth-order valence-electron chi connectivity index (χ4n) is 5.71. The second kappa shape index (κ2) is 27.2. The van der Waals surface area contributed by atoms with Crippen molar-refractivity contribution in [3.8, 4) is 0 Å². The maximum Gasteiger partial charge on any atom is 0.154 e. The largest absolute Gasteiger partial charge is 0.363 e. The lowest BCUT2D eigenvalue weighted by molar-refractivity contribution is 0.226. The van der Waals surface area contributed by atoms with Gasteiger partial charge in [0.05, 0.1) is 17.4 Å². The Morgan fingerprint density at radius 3 is 2.39 bits per heavy atom. The molecule has 9 heteroatoms. The van der Waals surface area contributed by atoms with Crippen molar-refractivity contribution in [3.63, 3.8) is 0 Å². The molecule has 3 rings (SSSR count). The van der Waals surface area contributed by atoms with Crippen molar-refractivity contribution in [2.24, 2.45) is 10.9 Å². The highest BCUT2D eigenvalue weighted by Crippen LogP contribution is 2.39. The van der Waals surface area contributed by atoms with Crippen molar-refractivity contribution in [1.82, 2.24) is 25.3 Å². The molecule has 49 heavy (non-hydrogen) atoms. The van der Waals surface area contributed by atoms with Crippen molar-refractivity contribution in [1.29, 1.82) is 0 Å². The molecule has 3 N–H and O–H groups in total. The van der Waals surface area contributed by atoms with Gasteiger partial charge in [-0.25, -0.2) is 9.67 Å². The Morgan fingerprint density at radius 1 is 1.14 bits per heavy atom. The average molecular weight is 717 g/mol.